The third-order valence-electron chi connectivity index (χ3n) is 2.68. The summed E-state index contributed by atoms with van der Waals surface area (Å²) in [5.41, 5.74) is 2.71. The van der Waals surface area contributed by atoms with Crippen molar-refractivity contribution in [1.82, 2.24) is 15.1 Å². The first kappa shape index (κ1) is 13.2. The maximum Gasteiger partial charge on any atom is 0.0537 e. The average Bonchev–Trinajstić information content (AvgIpc) is 2.60. The molecule has 1 N–H and O–H groups in total. The monoisotopic (exact) mass is 223 g/mol. The number of hydrogen-bond donors (Lipinski definition) is 1. The van der Waals surface area contributed by atoms with E-state index in [4.69, 9.17) is 0 Å². The molecule has 1 rings (SSSR count). The second-order valence-electron chi connectivity index (χ2n) is 5.03. The molecule has 3 nitrogen and oxygen atoms in total. The van der Waals surface area contributed by atoms with E-state index in [1.54, 1.807) is 0 Å². The summed E-state index contributed by atoms with van der Waals surface area (Å²) in [7, 11) is 0. The van der Waals surface area contributed by atoms with Gasteiger partial charge in [-0.15, -0.1) is 0 Å². The summed E-state index contributed by atoms with van der Waals surface area (Å²) in [6.07, 6.45) is 3.06. The molecular weight excluding hydrogens is 198 g/mol. The first-order chi connectivity index (χ1) is 7.56. The molecule has 0 fully saturated rings. The highest BCUT2D eigenvalue weighted by molar-refractivity contribution is 5.18. The molecule has 0 atom stereocenters. The fourth-order valence-electron chi connectivity index (χ4n) is 1.90. The van der Waals surface area contributed by atoms with Gasteiger partial charge in [0.25, 0.3) is 0 Å². The Morgan fingerprint density at radius 1 is 1.31 bits per heavy atom. The number of rotatable bonds is 6. The van der Waals surface area contributed by atoms with Crippen molar-refractivity contribution in [1.29, 1.82) is 0 Å². The van der Waals surface area contributed by atoms with Crippen LogP contribution in [0.2, 0.25) is 0 Å². The van der Waals surface area contributed by atoms with Crippen LogP contribution < -0.4 is 5.32 Å². The van der Waals surface area contributed by atoms with Crippen LogP contribution in [-0.2, 0) is 13.0 Å². The Morgan fingerprint density at radius 2 is 2.00 bits per heavy atom. The summed E-state index contributed by atoms with van der Waals surface area (Å²) >= 11 is 0. The van der Waals surface area contributed by atoms with Gasteiger partial charge in [0.05, 0.1) is 6.20 Å². The molecule has 0 unspecified atom stereocenters. The van der Waals surface area contributed by atoms with Crippen LogP contribution in [0.25, 0.3) is 0 Å². The highest BCUT2D eigenvalue weighted by atomic mass is 15.3. The maximum absolute atomic E-state index is 4.46. The van der Waals surface area contributed by atoms with Crippen LogP contribution in [0.5, 0.6) is 0 Å². The molecule has 0 aliphatic carbocycles. The molecule has 92 valence electrons. The highest BCUT2D eigenvalue weighted by Gasteiger charge is 2.10. The number of nitrogens with one attached hydrogen (secondary N) is 1. The lowest BCUT2D eigenvalue weighted by Gasteiger charge is -2.12. The Morgan fingerprint density at radius 3 is 2.50 bits per heavy atom. The minimum atomic E-state index is 0.453. The fraction of sp³-hybridized carbons (Fsp3) is 0.769. The van der Waals surface area contributed by atoms with E-state index in [0.29, 0.717) is 12.0 Å². The second-order valence-corrected chi connectivity index (χ2v) is 5.03. The van der Waals surface area contributed by atoms with E-state index in [-0.39, 0.29) is 0 Å². The average molecular weight is 223 g/mol. The molecular formula is C13H25N3. The van der Waals surface area contributed by atoms with Gasteiger partial charge in [0, 0.05) is 23.8 Å². The molecule has 1 aromatic heterocycles. The smallest absolute Gasteiger partial charge is 0.0537 e. The Labute approximate surface area is 99.2 Å². The van der Waals surface area contributed by atoms with Gasteiger partial charge >= 0.3 is 0 Å². The van der Waals surface area contributed by atoms with Crippen molar-refractivity contribution in [2.75, 3.05) is 6.54 Å². The molecule has 0 amide bonds. The van der Waals surface area contributed by atoms with Crippen LogP contribution >= 0.6 is 0 Å². The summed E-state index contributed by atoms with van der Waals surface area (Å²) in [6.45, 7) is 13.0. The first-order valence-corrected chi connectivity index (χ1v) is 6.32. The standard InChI is InChI=1S/C13H25N3/c1-6-13-12(8-14-7-10(2)3)9-15-16(13)11(4)5/h9-11,14H,6-8H2,1-5H3. The Kier molecular flexibility index (Phi) is 5.00. The zero-order valence-corrected chi connectivity index (χ0v) is 11.2. The third kappa shape index (κ3) is 3.34. The normalized spacial score (nSPS) is 11.7. The van der Waals surface area contributed by atoms with E-state index < -0.39 is 0 Å². The second kappa shape index (κ2) is 6.04. The van der Waals surface area contributed by atoms with E-state index in [1.807, 2.05) is 6.20 Å². The molecule has 0 aromatic carbocycles. The minimum absolute atomic E-state index is 0.453. The zero-order valence-electron chi connectivity index (χ0n) is 11.2. The lowest BCUT2D eigenvalue weighted by atomic mass is 10.2. The predicted molar refractivity (Wildman–Crippen MR) is 68.5 cm³/mol. The molecule has 1 aromatic rings. The fourth-order valence-corrected chi connectivity index (χ4v) is 1.90. The van der Waals surface area contributed by atoms with Gasteiger partial charge in [0.1, 0.15) is 0 Å². The van der Waals surface area contributed by atoms with Crippen LogP contribution in [-0.4, -0.2) is 16.3 Å². The number of hydrogen-bond acceptors (Lipinski definition) is 2. The topological polar surface area (TPSA) is 29.9 Å². The van der Waals surface area contributed by atoms with Gasteiger partial charge in [0.15, 0.2) is 0 Å². The molecule has 0 spiro atoms. The van der Waals surface area contributed by atoms with Crippen molar-refractivity contribution in [3.8, 4) is 0 Å². The van der Waals surface area contributed by atoms with Crippen LogP contribution in [0.4, 0.5) is 0 Å². The van der Waals surface area contributed by atoms with Gasteiger partial charge in [-0.1, -0.05) is 20.8 Å². The van der Waals surface area contributed by atoms with Crippen LogP contribution in [0.1, 0.15) is 51.9 Å². The van der Waals surface area contributed by atoms with Crippen molar-refractivity contribution in [2.45, 2.75) is 53.6 Å². The van der Waals surface area contributed by atoms with Crippen molar-refractivity contribution in [3.05, 3.63) is 17.5 Å². The van der Waals surface area contributed by atoms with E-state index in [9.17, 15) is 0 Å². The Hall–Kier alpha value is -0.830. The van der Waals surface area contributed by atoms with Gasteiger partial charge in [0.2, 0.25) is 0 Å². The molecule has 0 bridgehead atoms. The van der Waals surface area contributed by atoms with Gasteiger partial charge in [-0.2, -0.15) is 5.10 Å². The summed E-state index contributed by atoms with van der Waals surface area (Å²) in [5.74, 6) is 0.699. The largest absolute Gasteiger partial charge is 0.312 e. The van der Waals surface area contributed by atoms with Crippen LogP contribution in [0.15, 0.2) is 6.20 Å². The molecule has 1 heterocycles. The van der Waals surface area contributed by atoms with Crippen molar-refractivity contribution >= 4 is 0 Å². The highest BCUT2D eigenvalue weighted by Crippen LogP contribution is 2.14. The summed E-state index contributed by atoms with van der Waals surface area (Å²) in [4.78, 5) is 0. The van der Waals surface area contributed by atoms with Gasteiger partial charge < -0.3 is 5.32 Å². The molecule has 0 aliphatic rings. The van der Waals surface area contributed by atoms with Crippen molar-refractivity contribution in [2.24, 2.45) is 5.92 Å². The van der Waals surface area contributed by atoms with Crippen LogP contribution in [0.3, 0.4) is 0 Å². The Bertz CT molecular complexity index is 313. The van der Waals surface area contributed by atoms with Gasteiger partial charge in [-0.05, 0) is 32.7 Å². The van der Waals surface area contributed by atoms with Crippen LogP contribution in [0, 0.1) is 5.92 Å². The van der Waals surface area contributed by atoms with Gasteiger partial charge in [-0.25, -0.2) is 0 Å². The lowest BCUT2D eigenvalue weighted by molar-refractivity contribution is 0.507. The first-order valence-electron chi connectivity index (χ1n) is 6.32. The van der Waals surface area contributed by atoms with Gasteiger partial charge in [-0.3, -0.25) is 4.68 Å². The van der Waals surface area contributed by atoms with E-state index in [2.05, 4.69) is 49.7 Å². The van der Waals surface area contributed by atoms with E-state index >= 15 is 0 Å². The quantitative estimate of drug-likeness (QED) is 0.803. The van der Waals surface area contributed by atoms with Crippen molar-refractivity contribution in [3.63, 3.8) is 0 Å². The minimum Gasteiger partial charge on any atom is -0.312 e. The van der Waals surface area contributed by atoms with E-state index in [1.165, 1.54) is 11.3 Å². The molecule has 0 radical (unpaired) electrons. The SMILES string of the molecule is CCc1c(CNCC(C)C)cnn1C(C)C. The lowest BCUT2D eigenvalue weighted by Crippen LogP contribution is -2.19. The van der Waals surface area contributed by atoms with E-state index in [0.717, 1.165) is 19.5 Å². The zero-order chi connectivity index (χ0) is 12.1. The number of nitrogens with zero attached hydrogens (tertiary/aromatic N) is 2. The maximum atomic E-state index is 4.46. The number of aromatic nitrogens is 2. The summed E-state index contributed by atoms with van der Waals surface area (Å²) in [6, 6.07) is 0.453. The third-order valence-corrected chi connectivity index (χ3v) is 2.68. The molecule has 16 heavy (non-hydrogen) atoms. The molecule has 0 saturated heterocycles. The van der Waals surface area contributed by atoms with Crippen molar-refractivity contribution < 1.29 is 0 Å². The molecule has 0 saturated carbocycles. The molecule has 3 heteroatoms. The summed E-state index contributed by atoms with van der Waals surface area (Å²) < 4.78 is 2.13. The molecule has 0 aliphatic heterocycles. The Balaban J connectivity index is 2.66. The summed E-state index contributed by atoms with van der Waals surface area (Å²) in [5, 5.41) is 7.94. The predicted octanol–water partition coefficient (Wildman–Crippen LogP) is 2.77.